The van der Waals surface area contributed by atoms with Crippen molar-refractivity contribution in [2.75, 3.05) is 11.9 Å². The van der Waals surface area contributed by atoms with Gasteiger partial charge in [-0.2, -0.15) is 0 Å². The zero-order chi connectivity index (χ0) is 16.7. The monoisotopic (exact) mass is 319 g/mol. The Bertz CT molecular complexity index is 530. The number of anilines is 1. The molecule has 0 spiro atoms. The highest BCUT2D eigenvalue weighted by Crippen LogP contribution is 2.26. The number of nitrogens with two attached hydrogens (primary N) is 2. The van der Waals surface area contributed by atoms with E-state index in [2.05, 4.69) is 5.32 Å². The Kier molecular flexibility index (Phi) is 6.40. The van der Waals surface area contributed by atoms with E-state index in [1.165, 1.54) is 0 Å². The lowest BCUT2D eigenvalue weighted by Gasteiger charge is -2.27. The SMILES string of the molecule is NC(=O)CCOc1ccc(NC(=O)CC2CCCCC2N)cc1. The van der Waals surface area contributed by atoms with Crippen molar-refractivity contribution in [1.82, 2.24) is 0 Å². The van der Waals surface area contributed by atoms with E-state index in [0.29, 0.717) is 12.2 Å². The van der Waals surface area contributed by atoms with Crippen LogP contribution in [0.25, 0.3) is 0 Å². The quantitative estimate of drug-likeness (QED) is 0.712. The normalized spacial score (nSPS) is 20.7. The van der Waals surface area contributed by atoms with E-state index in [0.717, 1.165) is 31.4 Å². The fraction of sp³-hybridized carbons (Fsp3) is 0.529. The van der Waals surface area contributed by atoms with Crippen LogP contribution in [0.5, 0.6) is 5.75 Å². The highest BCUT2D eigenvalue weighted by molar-refractivity contribution is 5.90. The third kappa shape index (κ3) is 5.90. The molecule has 0 bridgehead atoms. The molecule has 23 heavy (non-hydrogen) atoms. The van der Waals surface area contributed by atoms with Gasteiger partial charge >= 0.3 is 0 Å². The topological polar surface area (TPSA) is 107 Å². The van der Waals surface area contributed by atoms with Crippen LogP contribution in [-0.2, 0) is 9.59 Å². The van der Waals surface area contributed by atoms with Gasteiger partial charge in [0.15, 0.2) is 0 Å². The number of amides is 2. The van der Waals surface area contributed by atoms with Crippen molar-refractivity contribution in [2.45, 2.75) is 44.6 Å². The van der Waals surface area contributed by atoms with Crippen LogP contribution in [-0.4, -0.2) is 24.5 Å². The molecule has 1 aliphatic rings. The summed E-state index contributed by atoms with van der Waals surface area (Å²) in [6, 6.07) is 7.19. The molecule has 1 aliphatic carbocycles. The van der Waals surface area contributed by atoms with Gasteiger partial charge in [-0.05, 0) is 43.0 Å². The van der Waals surface area contributed by atoms with Gasteiger partial charge in [-0.1, -0.05) is 12.8 Å². The Morgan fingerprint density at radius 3 is 2.52 bits per heavy atom. The van der Waals surface area contributed by atoms with Crippen LogP contribution in [0, 0.1) is 5.92 Å². The van der Waals surface area contributed by atoms with Gasteiger partial charge in [0.1, 0.15) is 5.75 Å². The van der Waals surface area contributed by atoms with Crippen LogP contribution in [0.4, 0.5) is 5.69 Å². The standard InChI is InChI=1S/C17H25N3O3/c18-15-4-2-1-3-12(15)11-17(22)20-13-5-7-14(8-6-13)23-10-9-16(19)21/h5-8,12,15H,1-4,9-11,18H2,(H2,19,21)(H,20,22). The number of carbonyl (C=O) groups is 2. The first kappa shape index (κ1) is 17.3. The van der Waals surface area contributed by atoms with Gasteiger partial charge < -0.3 is 21.5 Å². The third-order valence-electron chi connectivity index (χ3n) is 4.17. The van der Waals surface area contributed by atoms with Gasteiger partial charge in [-0.3, -0.25) is 9.59 Å². The zero-order valence-electron chi connectivity index (χ0n) is 13.3. The highest BCUT2D eigenvalue weighted by atomic mass is 16.5. The predicted molar refractivity (Wildman–Crippen MR) is 88.9 cm³/mol. The molecule has 0 aromatic heterocycles. The van der Waals surface area contributed by atoms with Crippen LogP contribution in [0.1, 0.15) is 38.5 Å². The molecule has 1 aromatic carbocycles. The molecule has 2 unspecified atom stereocenters. The molecule has 1 aromatic rings. The summed E-state index contributed by atoms with van der Waals surface area (Å²) in [5.41, 5.74) is 11.8. The van der Waals surface area contributed by atoms with E-state index in [1.54, 1.807) is 24.3 Å². The molecule has 5 N–H and O–H groups in total. The van der Waals surface area contributed by atoms with Crippen molar-refractivity contribution >= 4 is 17.5 Å². The van der Waals surface area contributed by atoms with E-state index < -0.39 is 5.91 Å². The lowest BCUT2D eigenvalue weighted by atomic mass is 9.83. The van der Waals surface area contributed by atoms with E-state index in [-0.39, 0.29) is 30.9 Å². The first-order valence-electron chi connectivity index (χ1n) is 8.11. The number of carbonyl (C=O) groups excluding carboxylic acids is 2. The van der Waals surface area contributed by atoms with Crippen LogP contribution in [0.2, 0.25) is 0 Å². The Hall–Kier alpha value is -2.08. The number of benzene rings is 1. The second kappa shape index (κ2) is 8.53. The highest BCUT2D eigenvalue weighted by Gasteiger charge is 2.24. The Morgan fingerprint density at radius 1 is 1.17 bits per heavy atom. The number of nitrogens with one attached hydrogen (secondary N) is 1. The van der Waals surface area contributed by atoms with Crippen molar-refractivity contribution in [3.8, 4) is 5.75 Å². The molecule has 0 radical (unpaired) electrons. The van der Waals surface area contributed by atoms with Gasteiger partial charge in [0.05, 0.1) is 13.0 Å². The molecule has 1 saturated carbocycles. The number of primary amides is 1. The fourth-order valence-electron chi connectivity index (χ4n) is 2.84. The summed E-state index contributed by atoms with van der Waals surface area (Å²) in [5, 5.41) is 2.89. The van der Waals surface area contributed by atoms with Crippen molar-refractivity contribution in [3.05, 3.63) is 24.3 Å². The van der Waals surface area contributed by atoms with Crippen LogP contribution < -0.4 is 21.5 Å². The molecule has 2 rings (SSSR count). The average Bonchev–Trinajstić information content (AvgIpc) is 2.51. The minimum Gasteiger partial charge on any atom is -0.493 e. The number of hydrogen-bond donors (Lipinski definition) is 3. The third-order valence-corrected chi connectivity index (χ3v) is 4.17. The first-order chi connectivity index (χ1) is 11.0. The average molecular weight is 319 g/mol. The predicted octanol–water partition coefficient (Wildman–Crippen LogP) is 1.79. The Morgan fingerprint density at radius 2 is 1.87 bits per heavy atom. The smallest absolute Gasteiger partial charge is 0.224 e. The summed E-state index contributed by atoms with van der Waals surface area (Å²) in [4.78, 5) is 22.7. The van der Waals surface area contributed by atoms with E-state index in [9.17, 15) is 9.59 Å². The number of ether oxygens (including phenoxy) is 1. The van der Waals surface area contributed by atoms with Crippen LogP contribution >= 0.6 is 0 Å². The minimum absolute atomic E-state index is 0.00486. The molecular formula is C17H25N3O3. The number of rotatable bonds is 7. The molecule has 2 amide bonds. The largest absolute Gasteiger partial charge is 0.493 e. The maximum Gasteiger partial charge on any atom is 0.224 e. The zero-order valence-corrected chi connectivity index (χ0v) is 13.3. The van der Waals surface area contributed by atoms with Gasteiger partial charge in [-0.25, -0.2) is 0 Å². The molecular weight excluding hydrogens is 294 g/mol. The van der Waals surface area contributed by atoms with Crippen molar-refractivity contribution in [2.24, 2.45) is 17.4 Å². The summed E-state index contributed by atoms with van der Waals surface area (Å²) in [5.74, 6) is 0.517. The van der Waals surface area contributed by atoms with Crippen molar-refractivity contribution < 1.29 is 14.3 Å². The molecule has 0 saturated heterocycles. The fourth-order valence-corrected chi connectivity index (χ4v) is 2.84. The summed E-state index contributed by atoms with van der Waals surface area (Å²) >= 11 is 0. The molecule has 2 atom stereocenters. The summed E-state index contributed by atoms with van der Waals surface area (Å²) in [6.45, 7) is 0.251. The van der Waals surface area contributed by atoms with Gasteiger partial charge in [-0.15, -0.1) is 0 Å². The Labute approximate surface area is 136 Å². The lowest BCUT2D eigenvalue weighted by molar-refractivity contribution is -0.119. The van der Waals surface area contributed by atoms with Crippen LogP contribution in [0.15, 0.2) is 24.3 Å². The first-order valence-corrected chi connectivity index (χ1v) is 8.11. The van der Waals surface area contributed by atoms with Gasteiger partial charge in [0, 0.05) is 18.2 Å². The summed E-state index contributed by atoms with van der Waals surface area (Å²) in [7, 11) is 0. The number of hydrogen-bond acceptors (Lipinski definition) is 4. The van der Waals surface area contributed by atoms with E-state index >= 15 is 0 Å². The van der Waals surface area contributed by atoms with E-state index in [1.807, 2.05) is 0 Å². The minimum atomic E-state index is -0.394. The lowest BCUT2D eigenvalue weighted by Crippen LogP contribution is -2.35. The molecule has 1 fully saturated rings. The molecule has 0 heterocycles. The molecule has 6 heteroatoms. The molecule has 6 nitrogen and oxygen atoms in total. The van der Waals surface area contributed by atoms with Gasteiger partial charge in [0.25, 0.3) is 0 Å². The van der Waals surface area contributed by atoms with Crippen molar-refractivity contribution in [3.63, 3.8) is 0 Å². The Balaban J connectivity index is 1.78. The summed E-state index contributed by atoms with van der Waals surface area (Å²) < 4.78 is 5.38. The maximum atomic E-state index is 12.1. The summed E-state index contributed by atoms with van der Waals surface area (Å²) in [6.07, 6.45) is 5.01. The van der Waals surface area contributed by atoms with Crippen molar-refractivity contribution in [1.29, 1.82) is 0 Å². The molecule has 0 aliphatic heterocycles. The second-order valence-electron chi connectivity index (χ2n) is 6.05. The van der Waals surface area contributed by atoms with Gasteiger partial charge in [0.2, 0.25) is 11.8 Å². The van der Waals surface area contributed by atoms with Crippen LogP contribution in [0.3, 0.4) is 0 Å². The second-order valence-corrected chi connectivity index (χ2v) is 6.05. The molecule has 126 valence electrons. The van der Waals surface area contributed by atoms with E-state index in [4.69, 9.17) is 16.2 Å². The maximum absolute atomic E-state index is 12.1.